The average molecular weight is 354 g/mol. The van der Waals surface area contributed by atoms with Crippen LogP contribution in [0, 0.1) is 0 Å². The predicted octanol–water partition coefficient (Wildman–Crippen LogP) is 4.29. The summed E-state index contributed by atoms with van der Waals surface area (Å²) in [4.78, 5) is 3.96. The number of alkyl halides is 3. The third-order valence-electron chi connectivity index (χ3n) is 4.76. The number of halogens is 4. The number of nitrogens with zero attached hydrogens (tertiary/aromatic N) is 2. The number of benzene rings is 1. The minimum absolute atomic E-state index is 0.131. The molecule has 2 aromatic rings. The fraction of sp³-hybridized carbons (Fsp3) is 0.353. The normalized spacial score (nSPS) is 22.9. The minimum atomic E-state index is -4.47. The van der Waals surface area contributed by atoms with Gasteiger partial charge in [0.15, 0.2) is 0 Å². The topological polar surface area (TPSA) is 28.2 Å². The van der Waals surface area contributed by atoms with Crippen LogP contribution in [0.15, 0.2) is 42.7 Å². The molecule has 0 saturated heterocycles. The molecule has 2 heterocycles. The van der Waals surface area contributed by atoms with Gasteiger partial charge in [0, 0.05) is 36.1 Å². The molecule has 0 amide bonds. The van der Waals surface area contributed by atoms with E-state index in [0.29, 0.717) is 5.69 Å². The van der Waals surface area contributed by atoms with Crippen molar-refractivity contribution in [3.05, 3.63) is 53.9 Å². The molecule has 0 radical (unpaired) electrons. The first-order valence-electron chi connectivity index (χ1n) is 7.75. The van der Waals surface area contributed by atoms with Crippen LogP contribution in [-0.2, 0) is 5.41 Å². The average Bonchev–Trinajstić information content (AvgIpc) is 3.38. The molecule has 1 aromatic heterocycles. The van der Waals surface area contributed by atoms with Gasteiger partial charge in [0.1, 0.15) is 5.41 Å². The van der Waals surface area contributed by atoms with Crippen molar-refractivity contribution in [2.45, 2.75) is 30.5 Å². The lowest BCUT2D eigenvalue weighted by Crippen LogP contribution is -2.53. The maximum absolute atomic E-state index is 14.4. The molecular formula is C17H15ClF3N3. The zero-order valence-electron chi connectivity index (χ0n) is 12.6. The molecule has 0 bridgehead atoms. The maximum atomic E-state index is 14.4. The SMILES string of the molecule is FC(F)(F)C1(CNC2CC2)c2ccccc2N(Cl)c2cnccc21. The van der Waals surface area contributed by atoms with Gasteiger partial charge >= 0.3 is 6.18 Å². The number of hydrogen-bond donors (Lipinski definition) is 1. The molecule has 1 aromatic carbocycles. The molecule has 1 aliphatic heterocycles. The second-order valence-electron chi connectivity index (χ2n) is 6.25. The van der Waals surface area contributed by atoms with Crippen LogP contribution in [0.25, 0.3) is 0 Å². The Labute approximate surface area is 142 Å². The van der Waals surface area contributed by atoms with Gasteiger partial charge in [-0.1, -0.05) is 18.2 Å². The third-order valence-corrected chi connectivity index (χ3v) is 5.13. The van der Waals surface area contributed by atoms with Crippen LogP contribution in [0.5, 0.6) is 0 Å². The molecule has 1 N–H and O–H groups in total. The summed E-state index contributed by atoms with van der Waals surface area (Å²) >= 11 is 6.34. The molecule has 1 saturated carbocycles. The number of pyridine rings is 1. The fourth-order valence-corrected chi connectivity index (χ4v) is 3.65. The Morgan fingerprint density at radius 3 is 2.58 bits per heavy atom. The van der Waals surface area contributed by atoms with Gasteiger partial charge < -0.3 is 5.32 Å². The molecule has 1 atom stereocenters. The zero-order valence-corrected chi connectivity index (χ0v) is 13.4. The van der Waals surface area contributed by atoms with Crippen molar-refractivity contribution in [1.82, 2.24) is 10.3 Å². The Morgan fingerprint density at radius 2 is 1.88 bits per heavy atom. The van der Waals surface area contributed by atoms with Crippen molar-refractivity contribution in [1.29, 1.82) is 0 Å². The van der Waals surface area contributed by atoms with Crippen molar-refractivity contribution in [2.75, 3.05) is 11.0 Å². The smallest absolute Gasteiger partial charge is 0.312 e. The van der Waals surface area contributed by atoms with Gasteiger partial charge in [-0.3, -0.25) is 9.40 Å². The van der Waals surface area contributed by atoms with E-state index in [1.807, 2.05) is 0 Å². The Balaban J connectivity index is 1.98. The summed E-state index contributed by atoms with van der Waals surface area (Å²) in [6.07, 6.45) is 0.130. The molecule has 24 heavy (non-hydrogen) atoms. The molecule has 126 valence electrons. The highest BCUT2D eigenvalue weighted by Crippen LogP contribution is 2.56. The van der Waals surface area contributed by atoms with E-state index in [-0.39, 0.29) is 29.4 Å². The summed E-state index contributed by atoms with van der Waals surface area (Å²) < 4.78 is 44.6. The van der Waals surface area contributed by atoms with Crippen LogP contribution in [0.4, 0.5) is 24.5 Å². The Morgan fingerprint density at radius 1 is 1.17 bits per heavy atom. The molecule has 2 aliphatic rings. The lowest BCUT2D eigenvalue weighted by atomic mass is 9.70. The monoisotopic (exact) mass is 353 g/mol. The van der Waals surface area contributed by atoms with E-state index in [9.17, 15) is 13.2 Å². The van der Waals surface area contributed by atoms with Crippen molar-refractivity contribution in [3.63, 3.8) is 0 Å². The Kier molecular flexibility index (Phi) is 3.51. The standard InChI is InChI=1S/C17H15ClF3N3/c18-24-14-4-2-1-3-12(14)16(17(19,20)21,10-23-11-5-6-11)13-7-8-22-9-15(13)24/h1-4,7-9,11,23H,5-6,10H2. The van der Waals surface area contributed by atoms with Crippen LogP contribution < -0.4 is 9.74 Å². The number of hydrogen-bond acceptors (Lipinski definition) is 3. The molecule has 3 nitrogen and oxygen atoms in total. The van der Waals surface area contributed by atoms with Gasteiger partial charge in [-0.15, -0.1) is 0 Å². The number of anilines is 2. The van der Waals surface area contributed by atoms with Crippen LogP contribution in [0.1, 0.15) is 24.0 Å². The van der Waals surface area contributed by atoms with Crippen LogP contribution in [0.3, 0.4) is 0 Å². The highest BCUT2D eigenvalue weighted by Gasteiger charge is 2.61. The lowest BCUT2D eigenvalue weighted by molar-refractivity contribution is -0.177. The van der Waals surface area contributed by atoms with E-state index in [0.717, 1.165) is 12.8 Å². The summed E-state index contributed by atoms with van der Waals surface area (Å²) in [6, 6.07) is 8.00. The van der Waals surface area contributed by atoms with Gasteiger partial charge in [-0.05, 0) is 30.5 Å². The van der Waals surface area contributed by atoms with Gasteiger partial charge in [-0.2, -0.15) is 13.2 Å². The number of aromatic nitrogens is 1. The second-order valence-corrected chi connectivity index (χ2v) is 6.59. The van der Waals surface area contributed by atoms with E-state index in [2.05, 4.69) is 10.3 Å². The van der Waals surface area contributed by atoms with E-state index in [1.54, 1.807) is 18.2 Å². The fourth-order valence-electron chi connectivity index (χ4n) is 3.36. The number of nitrogens with one attached hydrogen (secondary N) is 1. The van der Waals surface area contributed by atoms with Crippen molar-refractivity contribution < 1.29 is 13.2 Å². The van der Waals surface area contributed by atoms with E-state index in [4.69, 9.17) is 11.8 Å². The first-order chi connectivity index (χ1) is 11.4. The predicted molar refractivity (Wildman–Crippen MR) is 86.5 cm³/mol. The molecule has 0 spiro atoms. The maximum Gasteiger partial charge on any atom is 0.403 e. The Bertz CT molecular complexity index is 726. The summed E-state index contributed by atoms with van der Waals surface area (Å²) in [5.41, 5.74) is -1.23. The van der Waals surface area contributed by atoms with E-state index < -0.39 is 11.6 Å². The Hall–Kier alpha value is -1.79. The summed E-state index contributed by atoms with van der Waals surface area (Å²) in [7, 11) is 0. The summed E-state index contributed by atoms with van der Waals surface area (Å²) in [6.45, 7) is -0.208. The van der Waals surface area contributed by atoms with Gasteiger partial charge in [0.05, 0.1) is 17.6 Å². The molecule has 1 fully saturated rings. The first kappa shape index (κ1) is 15.7. The summed E-state index contributed by atoms with van der Waals surface area (Å²) in [5.74, 6) is 0. The highest BCUT2D eigenvalue weighted by atomic mass is 35.5. The van der Waals surface area contributed by atoms with Gasteiger partial charge in [-0.25, -0.2) is 0 Å². The highest BCUT2D eigenvalue weighted by molar-refractivity contribution is 6.30. The van der Waals surface area contributed by atoms with E-state index >= 15 is 0 Å². The lowest BCUT2D eigenvalue weighted by Gasteiger charge is -2.44. The molecule has 4 rings (SSSR count). The van der Waals surface area contributed by atoms with E-state index in [1.165, 1.54) is 28.9 Å². The van der Waals surface area contributed by atoms with Gasteiger partial charge in [0.2, 0.25) is 0 Å². The number of fused-ring (bicyclic) bond motifs is 2. The third kappa shape index (κ3) is 2.20. The van der Waals surface area contributed by atoms with Crippen LogP contribution in [-0.4, -0.2) is 23.7 Å². The second kappa shape index (κ2) is 5.36. The van der Waals surface area contributed by atoms with Crippen molar-refractivity contribution >= 4 is 23.2 Å². The van der Waals surface area contributed by atoms with Crippen LogP contribution in [0.2, 0.25) is 0 Å². The molecule has 1 unspecified atom stereocenters. The first-order valence-corrected chi connectivity index (χ1v) is 8.09. The molecular weight excluding hydrogens is 339 g/mol. The van der Waals surface area contributed by atoms with Crippen molar-refractivity contribution in [2.24, 2.45) is 0 Å². The van der Waals surface area contributed by atoms with Crippen LogP contribution >= 0.6 is 11.8 Å². The quantitative estimate of drug-likeness (QED) is 0.834. The molecule has 7 heteroatoms. The minimum Gasteiger partial charge on any atom is -0.312 e. The van der Waals surface area contributed by atoms with Crippen molar-refractivity contribution in [3.8, 4) is 0 Å². The number of rotatable bonds is 3. The zero-order chi connectivity index (χ0) is 16.9. The molecule has 1 aliphatic carbocycles. The van der Waals surface area contributed by atoms with Gasteiger partial charge in [0.25, 0.3) is 0 Å². The number of para-hydroxylation sites is 1. The largest absolute Gasteiger partial charge is 0.403 e. The summed E-state index contributed by atoms with van der Waals surface area (Å²) in [5, 5.41) is 3.07.